The molecule has 0 spiro atoms. The van der Waals surface area contributed by atoms with Crippen molar-refractivity contribution >= 4 is 27.5 Å². The van der Waals surface area contributed by atoms with Crippen LogP contribution < -0.4 is 10.6 Å². The maximum atomic E-state index is 12.5. The van der Waals surface area contributed by atoms with E-state index in [1.54, 1.807) is 11.3 Å². The SMILES string of the molecule is Cc1ccc(C(CN2CCOCC2)NCC(=O)NCCc2nc3ccccc3s2)cc1. The zero-order chi connectivity index (χ0) is 21.5. The van der Waals surface area contributed by atoms with Gasteiger partial charge >= 0.3 is 0 Å². The van der Waals surface area contributed by atoms with Gasteiger partial charge in [-0.25, -0.2) is 4.98 Å². The molecule has 7 heteroatoms. The molecule has 3 aromatic rings. The second kappa shape index (κ2) is 10.8. The Balaban J connectivity index is 1.28. The summed E-state index contributed by atoms with van der Waals surface area (Å²) in [5, 5.41) is 7.55. The fraction of sp³-hybridized carbons (Fsp3) is 0.417. The molecule has 1 fully saturated rings. The lowest BCUT2D eigenvalue weighted by molar-refractivity contribution is -0.120. The Labute approximate surface area is 187 Å². The van der Waals surface area contributed by atoms with Gasteiger partial charge in [-0.2, -0.15) is 0 Å². The predicted molar refractivity (Wildman–Crippen MR) is 126 cm³/mol. The number of fused-ring (bicyclic) bond motifs is 1. The van der Waals surface area contributed by atoms with Crippen molar-refractivity contribution < 1.29 is 9.53 Å². The minimum atomic E-state index is 0.0141. The molecule has 1 amide bonds. The average molecular weight is 439 g/mol. The van der Waals surface area contributed by atoms with E-state index < -0.39 is 0 Å². The number of amides is 1. The molecular weight excluding hydrogens is 408 g/mol. The molecule has 0 aliphatic carbocycles. The van der Waals surface area contributed by atoms with Gasteiger partial charge in [-0.1, -0.05) is 42.0 Å². The first-order valence-electron chi connectivity index (χ1n) is 10.9. The zero-order valence-corrected chi connectivity index (χ0v) is 18.8. The topological polar surface area (TPSA) is 66.5 Å². The first kappa shape index (κ1) is 21.9. The first-order chi connectivity index (χ1) is 15.2. The Morgan fingerprint density at radius 1 is 1.16 bits per heavy atom. The maximum Gasteiger partial charge on any atom is 0.233 e. The van der Waals surface area contributed by atoms with Gasteiger partial charge in [0.15, 0.2) is 0 Å². The number of nitrogens with zero attached hydrogens (tertiary/aromatic N) is 2. The molecule has 4 rings (SSSR count). The van der Waals surface area contributed by atoms with Gasteiger partial charge in [-0.3, -0.25) is 9.69 Å². The van der Waals surface area contributed by atoms with Crippen LogP contribution in [-0.2, 0) is 16.0 Å². The summed E-state index contributed by atoms with van der Waals surface area (Å²) in [5.74, 6) is 0.0141. The third kappa shape index (κ3) is 6.33. The number of para-hydroxylation sites is 1. The van der Waals surface area contributed by atoms with Crippen LogP contribution in [-0.4, -0.2) is 61.7 Å². The lowest BCUT2D eigenvalue weighted by atomic mass is 10.0. The molecule has 1 unspecified atom stereocenters. The van der Waals surface area contributed by atoms with E-state index in [9.17, 15) is 4.79 Å². The van der Waals surface area contributed by atoms with Crippen molar-refractivity contribution in [3.05, 3.63) is 64.7 Å². The second-order valence-electron chi connectivity index (χ2n) is 7.93. The zero-order valence-electron chi connectivity index (χ0n) is 18.0. The molecule has 1 saturated heterocycles. The first-order valence-corrected chi connectivity index (χ1v) is 11.7. The van der Waals surface area contributed by atoms with Crippen molar-refractivity contribution in [3.63, 3.8) is 0 Å². The number of hydrogen-bond acceptors (Lipinski definition) is 6. The number of benzene rings is 2. The standard InChI is InChI=1S/C24H30N4O2S/c1-18-6-8-19(9-7-18)21(17-28-12-14-30-15-13-28)26-16-23(29)25-11-10-24-27-20-4-2-3-5-22(20)31-24/h2-9,21,26H,10-17H2,1H3,(H,25,29). The summed E-state index contributed by atoms with van der Waals surface area (Å²) in [7, 11) is 0. The molecule has 0 radical (unpaired) electrons. The van der Waals surface area contributed by atoms with Crippen LogP contribution in [0.5, 0.6) is 0 Å². The monoisotopic (exact) mass is 438 g/mol. The normalized spacial score (nSPS) is 15.8. The van der Waals surface area contributed by atoms with Gasteiger partial charge in [-0.15, -0.1) is 11.3 Å². The van der Waals surface area contributed by atoms with E-state index in [1.807, 2.05) is 18.2 Å². The van der Waals surface area contributed by atoms with Crippen LogP contribution in [0.3, 0.4) is 0 Å². The van der Waals surface area contributed by atoms with Gasteiger partial charge < -0.3 is 15.4 Å². The van der Waals surface area contributed by atoms with Gasteiger partial charge in [-0.05, 0) is 24.6 Å². The number of rotatable bonds is 9. The number of aromatic nitrogens is 1. The van der Waals surface area contributed by atoms with E-state index in [4.69, 9.17) is 4.74 Å². The Hall–Kier alpha value is -2.32. The summed E-state index contributed by atoms with van der Waals surface area (Å²) >= 11 is 1.69. The lowest BCUT2D eigenvalue weighted by Gasteiger charge is -2.31. The lowest BCUT2D eigenvalue weighted by Crippen LogP contribution is -2.44. The molecule has 1 aliphatic heterocycles. The minimum Gasteiger partial charge on any atom is -0.379 e. The Kier molecular flexibility index (Phi) is 7.64. The van der Waals surface area contributed by atoms with Crippen molar-refractivity contribution in [1.82, 2.24) is 20.5 Å². The molecule has 31 heavy (non-hydrogen) atoms. The number of carbonyl (C=O) groups excluding carboxylic acids is 1. The van der Waals surface area contributed by atoms with Crippen molar-refractivity contribution in [2.24, 2.45) is 0 Å². The van der Waals surface area contributed by atoms with Crippen LogP contribution in [0.2, 0.25) is 0 Å². The summed E-state index contributed by atoms with van der Waals surface area (Å²) in [6, 6.07) is 16.8. The molecule has 0 bridgehead atoms. The summed E-state index contributed by atoms with van der Waals surface area (Å²) in [6.07, 6.45) is 0.750. The fourth-order valence-electron chi connectivity index (χ4n) is 3.74. The maximum absolute atomic E-state index is 12.5. The van der Waals surface area contributed by atoms with Crippen molar-refractivity contribution in [1.29, 1.82) is 0 Å². The van der Waals surface area contributed by atoms with Gasteiger partial charge in [0.05, 0.1) is 35.0 Å². The molecule has 2 N–H and O–H groups in total. The van der Waals surface area contributed by atoms with E-state index in [2.05, 4.69) is 57.8 Å². The Bertz CT molecular complexity index is 950. The molecule has 0 saturated carbocycles. The number of aryl methyl sites for hydroxylation is 1. The molecule has 6 nitrogen and oxygen atoms in total. The summed E-state index contributed by atoms with van der Waals surface area (Å²) in [6.45, 7) is 7.25. The van der Waals surface area contributed by atoms with Crippen molar-refractivity contribution in [3.8, 4) is 0 Å². The van der Waals surface area contributed by atoms with Gasteiger partial charge in [0.1, 0.15) is 0 Å². The molecular formula is C24H30N4O2S. The van der Waals surface area contributed by atoms with Crippen LogP contribution in [0.25, 0.3) is 10.2 Å². The fourth-order valence-corrected chi connectivity index (χ4v) is 4.71. The molecule has 2 heterocycles. The third-order valence-corrected chi connectivity index (χ3v) is 6.63. The van der Waals surface area contributed by atoms with Crippen molar-refractivity contribution in [2.75, 3.05) is 45.9 Å². The largest absolute Gasteiger partial charge is 0.379 e. The molecule has 164 valence electrons. The number of carbonyl (C=O) groups is 1. The van der Waals surface area contributed by atoms with Gasteiger partial charge in [0, 0.05) is 38.6 Å². The highest BCUT2D eigenvalue weighted by Crippen LogP contribution is 2.21. The van der Waals surface area contributed by atoms with Crippen molar-refractivity contribution in [2.45, 2.75) is 19.4 Å². The smallest absolute Gasteiger partial charge is 0.233 e. The highest BCUT2D eigenvalue weighted by Gasteiger charge is 2.19. The van der Waals surface area contributed by atoms with E-state index in [0.29, 0.717) is 13.1 Å². The van der Waals surface area contributed by atoms with E-state index in [0.717, 1.165) is 49.8 Å². The summed E-state index contributed by atoms with van der Waals surface area (Å²) in [5.41, 5.74) is 3.47. The number of morpholine rings is 1. The minimum absolute atomic E-state index is 0.0141. The van der Waals surface area contributed by atoms with Gasteiger partial charge in [0.2, 0.25) is 5.91 Å². The Morgan fingerprint density at radius 2 is 1.94 bits per heavy atom. The molecule has 1 atom stereocenters. The molecule has 1 aliphatic rings. The highest BCUT2D eigenvalue weighted by molar-refractivity contribution is 7.18. The summed E-state index contributed by atoms with van der Waals surface area (Å²) < 4.78 is 6.66. The highest BCUT2D eigenvalue weighted by atomic mass is 32.1. The number of hydrogen-bond donors (Lipinski definition) is 2. The van der Waals surface area contributed by atoms with Crippen LogP contribution in [0.15, 0.2) is 48.5 Å². The predicted octanol–water partition coefficient (Wildman–Crippen LogP) is 2.93. The van der Waals surface area contributed by atoms with Crippen LogP contribution in [0.4, 0.5) is 0 Å². The summed E-state index contributed by atoms with van der Waals surface area (Å²) in [4.78, 5) is 19.5. The second-order valence-corrected chi connectivity index (χ2v) is 9.05. The van der Waals surface area contributed by atoms with Crippen LogP contribution in [0.1, 0.15) is 22.2 Å². The van der Waals surface area contributed by atoms with Gasteiger partial charge in [0.25, 0.3) is 0 Å². The molecule has 2 aromatic carbocycles. The average Bonchev–Trinajstić information content (AvgIpc) is 3.21. The Morgan fingerprint density at radius 3 is 2.71 bits per heavy atom. The quantitative estimate of drug-likeness (QED) is 0.538. The van der Waals surface area contributed by atoms with E-state index >= 15 is 0 Å². The number of thiazole rings is 1. The van der Waals surface area contributed by atoms with Crippen LogP contribution in [0, 0.1) is 6.92 Å². The number of nitrogens with one attached hydrogen (secondary N) is 2. The van der Waals surface area contributed by atoms with Crippen LogP contribution >= 0.6 is 11.3 Å². The van der Waals surface area contributed by atoms with E-state index in [1.165, 1.54) is 15.8 Å². The van der Waals surface area contributed by atoms with E-state index in [-0.39, 0.29) is 11.9 Å². The third-order valence-electron chi connectivity index (χ3n) is 5.53. The number of ether oxygens (including phenoxy) is 1. The molecule has 1 aromatic heterocycles.